The Morgan fingerprint density at radius 3 is 2.73 bits per heavy atom. The molecule has 1 N–H and O–H groups in total. The molecule has 0 bridgehead atoms. The third-order valence-corrected chi connectivity index (χ3v) is 6.28. The van der Waals surface area contributed by atoms with Crippen LogP contribution in [-0.4, -0.2) is 33.2 Å². The van der Waals surface area contributed by atoms with Gasteiger partial charge in [-0.2, -0.15) is 0 Å². The molecule has 0 spiro atoms. The molecule has 1 aliphatic heterocycles. The number of rotatable bonds is 7. The average Bonchev–Trinajstić information content (AvgIpc) is 3.56. The molecule has 1 unspecified atom stereocenters. The Kier molecular flexibility index (Phi) is 5.78. The zero-order chi connectivity index (χ0) is 22.8. The Morgan fingerprint density at radius 1 is 1.12 bits per heavy atom. The van der Waals surface area contributed by atoms with Crippen LogP contribution >= 0.6 is 11.8 Å². The molecule has 0 saturated heterocycles. The van der Waals surface area contributed by atoms with Gasteiger partial charge >= 0.3 is 0 Å². The van der Waals surface area contributed by atoms with Gasteiger partial charge in [-0.1, -0.05) is 36.0 Å². The third kappa shape index (κ3) is 4.31. The summed E-state index contributed by atoms with van der Waals surface area (Å²) in [7, 11) is 0. The van der Waals surface area contributed by atoms with Gasteiger partial charge in [-0.15, -0.1) is 10.2 Å². The zero-order valence-corrected chi connectivity index (χ0v) is 19.0. The molecule has 0 aliphatic carbocycles. The number of fused-ring (bicyclic) bond motifs is 1. The molecule has 8 nitrogen and oxygen atoms in total. The van der Waals surface area contributed by atoms with Crippen molar-refractivity contribution in [2.75, 3.05) is 12.5 Å². The quantitative estimate of drug-likeness (QED) is 0.403. The van der Waals surface area contributed by atoms with E-state index in [-0.39, 0.29) is 24.5 Å². The first-order chi connectivity index (χ1) is 16.1. The molecule has 1 aliphatic rings. The van der Waals surface area contributed by atoms with E-state index in [0.717, 1.165) is 28.3 Å². The van der Waals surface area contributed by atoms with Gasteiger partial charge < -0.3 is 19.2 Å². The summed E-state index contributed by atoms with van der Waals surface area (Å²) in [6.07, 6.45) is 1.63. The van der Waals surface area contributed by atoms with Crippen molar-refractivity contribution in [2.24, 2.45) is 0 Å². The van der Waals surface area contributed by atoms with Crippen molar-refractivity contribution in [3.8, 4) is 28.6 Å². The van der Waals surface area contributed by atoms with Gasteiger partial charge in [0.25, 0.3) is 0 Å². The second kappa shape index (κ2) is 9.03. The molecule has 0 radical (unpaired) electrons. The molecule has 9 heteroatoms. The maximum absolute atomic E-state index is 12.7. The minimum atomic E-state index is -0.177. The van der Waals surface area contributed by atoms with Crippen LogP contribution < -0.4 is 14.8 Å². The van der Waals surface area contributed by atoms with E-state index in [1.54, 1.807) is 6.26 Å². The number of aryl methyl sites for hydroxylation is 1. The second-order valence-corrected chi connectivity index (χ2v) is 8.50. The van der Waals surface area contributed by atoms with E-state index in [1.165, 1.54) is 11.8 Å². The molecule has 1 atom stereocenters. The molecule has 2 aromatic carbocycles. The highest BCUT2D eigenvalue weighted by molar-refractivity contribution is 7.99. The Balaban J connectivity index is 1.32. The largest absolute Gasteiger partial charge is 0.469 e. The SMILES string of the molecule is Cc1occc1-c1nnc(SCC(=O)NC(C)c2ccc3c(c2)OCO3)n1-c1ccccc1. The fourth-order valence-electron chi connectivity index (χ4n) is 3.64. The topological polar surface area (TPSA) is 91.4 Å². The van der Waals surface area contributed by atoms with Crippen molar-refractivity contribution in [2.45, 2.75) is 25.0 Å². The van der Waals surface area contributed by atoms with Crippen molar-refractivity contribution >= 4 is 17.7 Å². The van der Waals surface area contributed by atoms with E-state index in [0.29, 0.717) is 16.7 Å². The van der Waals surface area contributed by atoms with E-state index in [2.05, 4.69) is 15.5 Å². The summed E-state index contributed by atoms with van der Waals surface area (Å²) < 4.78 is 18.2. The maximum atomic E-state index is 12.7. The first-order valence-electron chi connectivity index (χ1n) is 10.5. The Hall–Kier alpha value is -3.72. The van der Waals surface area contributed by atoms with Crippen molar-refractivity contribution in [3.05, 3.63) is 72.2 Å². The fourth-order valence-corrected chi connectivity index (χ4v) is 4.41. The van der Waals surface area contributed by atoms with Gasteiger partial charge in [0, 0.05) is 5.69 Å². The van der Waals surface area contributed by atoms with Gasteiger partial charge in [-0.3, -0.25) is 9.36 Å². The zero-order valence-electron chi connectivity index (χ0n) is 18.1. The van der Waals surface area contributed by atoms with E-state index >= 15 is 0 Å². The van der Waals surface area contributed by atoms with Crippen molar-refractivity contribution in [1.29, 1.82) is 0 Å². The summed E-state index contributed by atoms with van der Waals surface area (Å²) >= 11 is 1.33. The molecule has 5 rings (SSSR count). The van der Waals surface area contributed by atoms with Gasteiger partial charge in [0.1, 0.15) is 5.76 Å². The third-order valence-electron chi connectivity index (χ3n) is 5.35. The molecular formula is C24H22N4O4S. The van der Waals surface area contributed by atoms with Gasteiger partial charge in [0.15, 0.2) is 22.5 Å². The molecular weight excluding hydrogens is 440 g/mol. The van der Waals surface area contributed by atoms with Gasteiger partial charge in [-0.05, 0) is 49.7 Å². The number of nitrogens with one attached hydrogen (secondary N) is 1. The summed E-state index contributed by atoms with van der Waals surface area (Å²) in [5.74, 6) is 2.94. The number of carbonyl (C=O) groups is 1. The van der Waals surface area contributed by atoms with E-state index in [4.69, 9.17) is 13.9 Å². The first-order valence-corrected chi connectivity index (χ1v) is 11.5. The minimum Gasteiger partial charge on any atom is -0.469 e. The Bertz CT molecular complexity index is 1280. The van der Waals surface area contributed by atoms with Crippen LogP contribution in [0, 0.1) is 6.92 Å². The number of thioether (sulfide) groups is 1. The van der Waals surface area contributed by atoms with Crippen LogP contribution in [0.15, 0.2) is 70.4 Å². The highest BCUT2D eigenvalue weighted by Crippen LogP contribution is 2.34. The van der Waals surface area contributed by atoms with E-state index < -0.39 is 0 Å². The van der Waals surface area contributed by atoms with E-state index in [1.807, 2.05) is 73.0 Å². The molecule has 2 aromatic heterocycles. The average molecular weight is 463 g/mol. The Labute approximate surface area is 194 Å². The van der Waals surface area contributed by atoms with Crippen LogP contribution in [0.3, 0.4) is 0 Å². The lowest BCUT2D eigenvalue weighted by Crippen LogP contribution is -2.28. The molecule has 0 fully saturated rings. The number of hydrogen-bond acceptors (Lipinski definition) is 7. The summed E-state index contributed by atoms with van der Waals surface area (Å²) in [4.78, 5) is 12.7. The lowest BCUT2D eigenvalue weighted by Gasteiger charge is -2.15. The van der Waals surface area contributed by atoms with Crippen LogP contribution in [0.25, 0.3) is 17.1 Å². The fraction of sp³-hybridized carbons (Fsp3) is 0.208. The number of ether oxygens (including phenoxy) is 2. The molecule has 0 saturated carbocycles. The highest BCUT2D eigenvalue weighted by Gasteiger charge is 2.21. The number of hydrogen-bond donors (Lipinski definition) is 1. The van der Waals surface area contributed by atoms with Crippen molar-refractivity contribution in [1.82, 2.24) is 20.1 Å². The first kappa shape index (κ1) is 21.1. The molecule has 33 heavy (non-hydrogen) atoms. The van der Waals surface area contributed by atoms with Crippen LogP contribution in [0.4, 0.5) is 0 Å². The molecule has 1 amide bonds. The van der Waals surface area contributed by atoms with Crippen molar-refractivity contribution < 1.29 is 18.7 Å². The van der Waals surface area contributed by atoms with Crippen LogP contribution in [0.1, 0.15) is 24.3 Å². The summed E-state index contributed by atoms with van der Waals surface area (Å²) in [5.41, 5.74) is 2.72. The lowest BCUT2D eigenvalue weighted by atomic mass is 10.1. The summed E-state index contributed by atoms with van der Waals surface area (Å²) in [5, 5.41) is 12.4. The number of para-hydroxylation sites is 1. The monoisotopic (exact) mass is 462 g/mol. The number of aromatic nitrogens is 3. The number of carbonyl (C=O) groups excluding carboxylic acids is 1. The van der Waals surface area contributed by atoms with Crippen LogP contribution in [-0.2, 0) is 4.79 Å². The predicted molar refractivity (Wildman–Crippen MR) is 124 cm³/mol. The Morgan fingerprint density at radius 2 is 1.94 bits per heavy atom. The van der Waals surface area contributed by atoms with E-state index in [9.17, 15) is 4.79 Å². The predicted octanol–water partition coefficient (Wildman–Crippen LogP) is 4.53. The number of amides is 1. The summed E-state index contributed by atoms with van der Waals surface area (Å²) in [6.45, 7) is 4.04. The lowest BCUT2D eigenvalue weighted by molar-refractivity contribution is -0.119. The van der Waals surface area contributed by atoms with Gasteiger partial charge in [0.05, 0.1) is 23.6 Å². The van der Waals surface area contributed by atoms with Gasteiger partial charge in [0.2, 0.25) is 12.7 Å². The summed E-state index contributed by atoms with van der Waals surface area (Å²) in [6, 6.07) is 17.2. The second-order valence-electron chi connectivity index (χ2n) is 7.56. The number of benzene rings is 2. The van der Waals surface area contributed by atoms with Crippen molar-refractivity contribution in [3.63, 3.8) is 0 Å². The smallest absolute Gasteiger partial charge is 0.231 e. The molecule has 168 valence electrons. The van der Waals surface area contributed by atoms with Crippen LogP contribution in [0.5, 0.6) is 11.5 Å². The standard InChI is InChI=1S/C24H22N4O4S/c1-15(17-8-9-20-21(12-17)32-14-31-20)25-22(29)13-33-24-27-26-23(19-10-11-30-16(19)2)28(24)18-6-4-3-5-7-18/h3-12,15H,13-14H2,1-2H3,(H,25,29). The molecule has 4 aromatic rings. The van der Waals surface area contributed by atoms with Gasteiger partial charge in [-0.25, -0.2) is 0 Å². The minimum absolute atomic E-state index is 0.103. The number of furan rings is 1. The van der Waals surface area contributed by atoms with Crippen LogP contribution in [0.2, 0.25) is 0 Å². The molecule has 3 heterocycles. The normalized spacial score (nSPS) is 13.2. The highest BCUT2D eigenvalue weighted by atomic mass is 32.2. The number of nitrogens with zero attached hydrogens (tertiary/aromatic N) is 3. The maximum Gasteiger partial charge on any atom is 0.231 e.